The zero-order valence-electron chi connectivity index (χ0n) is 9.89. The van der Waals surface area contributed by atoms with E-state index < -0.39 is 0 Å². The zero-order valence-corrected chi connectivity index (χ0v) is 11.5. The summed E-state index contributed by atoms with van der Waals surface area (Å²) in [4.78, 5) is 12.4. The molecular formula is C11H16BrN3O2. The summed E-state index contributed by atoms with van der Waals surface area (Å²) in [6.45, 7) is 4.82. The number of Topliss-reactive ketones (excluding diaryl/α,β-unsaturated/α-hetero) is 1. The lowest BCUT2D eigenvalue weighted by atomic mass is 9.97. The van der Waals surface area contributed by atoms with Crippen molar-refractivity contribution in [1.82, 2.24) is 9.78 Å². The normalized spacial score (nSPS) is 24.5. The summed E-state index contributed by atoms with van der Waals surface area (Å²) in [5, 5.41) is 4.20. The van der Waals surface area contributed by atoms with Gasteiger partial charge in [-0.1, -0.05) is 0 Å². The molecular weight excluding hydrogens is 286 g/mol. The summed E-state index contributed by atoms with van der Waals surface area (Å²) in [6, 6.07) is -0.0799. The van der Waals surface area contributed by atoms with Crippen LogP contribution in [0.5, 0.6) is 0 Å². The van der Waals surface area contributed by atoms with Crippen molar-refractivity contribution in [3.05, 3.63) is 16.4 Å². The lowest BCUT2D eigenvalue weighted by Crippen LogP contribution is -2.35. The number of halogens is 1. The molecule has 2 heterocycles. The summed E-state index contributed by atoms with van der Waals surface area (Å²) in [6.07, 6.45) is 1.65. The second-order valence-corrected chi connectivity index (χ2v) is 5.41. The van der Waals surface area contributed by atoms with Gasteiger partial charge in [0.15, 0.2) is 5.78 Å². The molecule has 0 amide bonds. The number of ether oxygens (including phenoxy) is 1. The summed E-state index contributed by atoms with van der Waals surface area (Å²) >= 11 is 3.37. The van der Waals surface area contributed by atoms with Crippen LogP contribution in [0.4, 0.5) is 0 Å². The molecule has 2 unspecified atom stereocenters. The molecule has 0 radical (unpaired) electrons. The van der Waals surface area contributed by atoms with E-state index in [0.717, 1.165) is 4.47 Å². The average molecular weight is 302 g/mol. The van der Waals surface area contributed by atoms with Crippen molar-refractivity contribution in [2.45, 2.75) is 25.9 Å². The minimum Gasteiger partial charge on any atom is -0.379 e. The minimum absolute atomic E-state index is 0.00748. The van der Waals surface area contributed by atoms with Crippen LogP contribution in [0.15, 0.2) is 10.7 Å². The molecule has 0 saturated carbocycles. The first kappa shape index (κ1) is 12.7. The fourth-order valence-corrected chi connectivity index (χ4v) is 2.45. The van der Waals surface area contributed by atoms with Crippen LogP contribution in [-0.2, 0) is 4.74 Å². The van der Waals surface area contributed by atoms with Gasteiger partial charge in [0, 0.05) is 12.1 Å². The highest BCUT2D eigenvalue weighted by molar-refractivity contribution is 9.10. The largest absolute Gasteiger partial charge is 0.379 e. The van der Waals surface area contributed by atoms with Gasteiger partial charge in [0.2, 0.25) is 0 Å². The topological polar surface area (TPSA) is 70.1 Å². The molecule has 1 aromatic heterocycles. The van der Waals surface area contributed by atoms with Gasteiger partial charge >= 0.3 is 0 Å². The van der Waals surface area contributed by atoms with Crippen molar-refractivity contribution < 1.29 is 9.53 Å². The number of carbonyl (C=O) groups excluding carboxylic acids is 1. The first-order chi connectivity index (χ1) is 8.02. The summed E-state index contributed by atoms with van der Waals surface area (Å²) in [5.41, 5.74) is 6.46. The Kier molecular flexibility index (Phi) is 3.65. The SMILES string of the molecule is CC(C)n1ncc(Br)c1C(=O)C1COCC1N. The van der Waals surface area contributed by atoms with Crippen molar-refractivity contribution in [1.29, 1.82) is 0 Å². The molecule has 17 heavy (non-hydrogen) atoms. The molecule has 0 spiro atoms. The number of ketones is 1. The summed E-state index contributed by atoms with van der Waals surface area (Å²) < 4.78 is 7.68. The van der Waals surface area contributed by atoms with Crippen LogP contribution in [0, 0.1) is 5.92 Å². The van der Waals surface area contributed by atoms with Gasteiger partial charge in [-0.3, -0.25) is 9.48 Å². The Morgan fingerprint density at radius 2 is 2.35 bits per heavy atom. The Morgan fingerprint density at radius 3 is 2.88 bits per heavy atom. The molecule has 0 aliphatic carbocycles. The lowest BCUT2D eigenvalue weighted by Gasteiger charge is -2.15. The van der Waals surface area contributed by atoms with E-state index in [9.17, 15) is 4.79 Å². The second-order valence-electron chi connectivity index (χ2n) is 4.55. The zero-order chi connectivity index (χ0) is 12.6. The molecule has 6 heteroatoms. The molecule has 2 atom stereocenters. The van der Waals surface area contributed by atoms with E-state index >= 15 is 0 Å². The Bertz CT molecular complexity index is 430. The maximum atomic E-state index is 12.4. The highest BCUT2D eigenvalue weighted by atomic mass is 79.9. The van der Waals surface area contributed by atoms with E-state index in [1.165, 1.54) is 0 Å². The van der Waals surface area contributed by atoms with E-state index in [-0.39, 0.29) is 23.8 Å². The molecule has 5 nitrogen and oxygen atoms in total. The van der Waals surface area contributed by atoms with Gasteiger partial charge in [0.25, 0.3) is 0 Å². The maximum Gasteiger partial charge on any atom is 0.189 e. The monoisotopic (exact) mass is 301 g/mol. The quantitative estimate of drug-likeness (QED) is 0.856. The van der Waals surface area contributed by atoms with E-state index in [1.807, 2.05) is 13.8 Å². The van der Waals surface area contributed by atoms with Crippen molar-refractivity contribution >= 4 is 21.7 Å². The van der Waals surface area contributed by atoms with Crippen LogP contribution in [-0.4, -0.2) is 34.8 Å². The first-order valence-corrected chi connectivity index (χ1v) is 6.42. The first-order valence-electron chi connectivity index (χ1n) is 5.63. The summed E-state index contributed by atoms with van der Waals surface area (Å²) in [5.74, 6) is -0.256. The van der Waals surface area contributed by atoms with Crippen molar-refractivity contribution in [2.24, 2.45) is 11.7 Å². The highest BCUT2D eigenvalue weighted by Crippen LogP contribution is 2.25. The third-order valence-corrected chi connectivity index (χ3v) is 3.51. The van der Waals surface area contributed by atoms with Crippen LogP contribution in [0.3, 0.4) is 0 Å². The number of nitrogens with zero attached hydrogens (tertiary/aromatic N) is 2. The molecule has 1 aromatic rings. The molecule has 1 aliphatic rings. The average Bonchev–Trinajstić information content (AvgIpc) is 2.83. The van der Waals surface area contributed by atoms with Crippen molar-refractivity contribution in [3.8, 4) is 0 Å². The van der Waals surface area contributed by atoms with Gasteiger partial charge in [-0.25, -0.2) is 0 Å². The fraction of sp³-hybridized carbons (Fsp3) is 0.636. The van der Waals surface area contributed by atoms with Gasteiger partial charge < -0.3 is 10.5 Å². The van der Waals surface area contributed by atoms with E-state index in [0.29, 0.717) is 18.9 Å². The second kappa shape index (κ2) is 4.88. The summed E-state index contributed by atoms with van der Waals surface area (Å²) in [7, 11) is 0. The van der Waals surface area contributed by atoms with Gasteiger partial charge in [-0.05, 0) is 29.8 Å². The smallest absolute Gasteiger partial charge is 0.189 e. The fourth-order valence-electron chi connectivity index (χ4n) is 1.98. The number of carbonyl (C=O) groups is 1. The van der Waals surface area contributed by atoms with E-state index in [2.05, 4.69) is 21.0 Å². The third kappa shape index (κ3) is 2.29. The number of rotatable bonds is 3. The number of aromatic nitrogens is 2. The Morgan fingerprint density at radius 1 is 1.65 bits per heavy atom. The van der Waals surface area contributed by atoms with Gasteiger partial charge in [-0.2, -0.15) is 5.10 Å². The number of nitrogens with two attached hydrogens (primary N) is 1. The maximum absolute atomic E-state index is 12.4. The van der Waals surface area contributed by atoms with E-state index in [1.54, 1.807) is 10.9 Å². The Balaban J connectivity index is 2.33. The predicted octanol–water partition coefficient (Wildman–Crippen LogP) is 1.38. The van der Waals surface area contributed by atoms with E-state index in [4.69, 9.17) is 10.5 Å². The van der Waals surface area contributed by atoms with Gasteiger partial charge in [0.05, 0.1) is 29.8 Å². The van der Waals surface area contributed by atoms with Gasteiger partial charge in [-0.15, -0.1) is 0 Å². The standard InChI is InChI=1S/C11H16BrN3O2/c1-6(2)15-10(8(12)3-14-15)11(16)7-4-17-5-9(7)13/h3,6-7,9H,4-5,13H2,1-2H3. The van der Waals surface area contributed by atoms with Crippen LogP contribution >= 0.6 is 15.9 Å². The number of hydrogen-bond donors (Lipinski definition) is 1. The van der Waals surface area contributed by atoms with Gasteiger partial charge in [0.1, 0.15) is 5.69 Å². The lowest BCUT2D eigenvalue weighted by molar-refractivity contribution is 0.0882. The molecule has 2 rings (SSSR count). The molecule has 2 N–H and O–H groups in total. The molecule has 1 saturated heterocycles. The Labute approximate surface area is 108 Å². The third-order valence-electron chi connectivity index (χ3n) is 2.93. The highest BCUT2D eigenvalue weighted by Gasteiger charge is 2.35. The number of hydrogen-bond acceptors (Lipinski definition) is 4. The molecule has 94 valence electrons. The predicted molar refractivity (Wildman–Crippen MR) is 66.9 cm³/mol. The van der Waals surface area contributed by atoms with Crippen LogP contribution in [0.25, 0.3) is 0 Å². The molecule has 1 aliphatic heterocycles. The van der Waals surface area contributed by atoms with Crippen LogP contribution < -0.4 is 5.73 Å². The van der Waals surface area contributed by atoms with Crippen molar-refractivity contribution in [2.75, 3.05) is 13.2 Å². The van der Waals surface area contributed by atoms with Crippen LogP contribution in [0.1, 0.15) is 30.4 Å². The van der Waals surface area contributed by atoms with Crippen LogP contribution in [0.2, 0.25) is 0 Å². The van der Waals surface area contributed by atoms with Crippen molar-refractivity contribution in [3.63, 3.8) is 0 Å². The molecule has 0 aromatic carbocycles. The molecule has 0 bridgehead atoms. The Hall–Kier alpha value is -0.720. The molecule has 1 fully saturated rings. The minimum atomic E-state index is -0.263.